The van der Waals surface area contributed by atoms with Gasteiger partial charge < -0.3 is 5.32 Å². The number of halogens is 3. The zero-order valence-corrected chi connectivity index (χ0v) is 18.4. The normalized spacial score (nSPS) is 11.6. The summed E-state index contributed by atoms with van der Waals surface area (Å²) in [6.07, 6.45) is 0. The highest BCUT2D eigenvalue weighted by atomic mass is 35.5. The molecule has 0 saturated carbocycles. The van der Waals surface area contributed by atoms with E-state index in [0.717, 1.165) is 11.1 Å². The molecule has 0 bridgehead atoms. The summed E-state index contributed by atoms with van der Waals surface area (Å²) < 4.78 is 0. The molecule has 146 valence electrons. The Morgan fingerprint density at radius 3 is 2.34 bits per heavy atom. The number of aryl methyl sites for hydroxylation is 1. The minimum absolute atomic E-state index is 0.348. The van der Waals surface area contributed by atoms with Gasteiger partial charge in [0.1, 0.15) is 0 Å². The summed E-state index contributed by atoms with van der Waals surface area (Å²) in [5.41, 5.74) is 3.12. The summed E-state index contributed by atoms with van der Waals surface area (Å²) in [6, 6.07) is 17.7. The molecule has 3 aromatic carbocycles. The first-order valence-electron chi connectivity index (χ1n) is 8.55. The number of hydrogen-bond donors (Lipinski definition) is 2. The van der Waals surface area contributed by atoms with E-state index in [2.05, 4.69) is 24.0 Å². The molecule has 3 rings (SSSR count). The second kappa shape index (κ2) is 9.11. The van der Waals surface area contributed by atoms with Gasteiger partial charge in [-0.3, -0.25) is 4.79 Å². The molecule has 1 N–H and O–H groups in total. The fourth-order valence-corrected chi connectivity index (χ4v) is 3.73. The average molecular weight is 462 g/mol. The van der Waals surface area contributed by atoms with Gasteiger partial charge in [-0.25, -0.2) is 0 Å². The van der Waals surface area contributed by atoms with Crippen LogP contribution in [0.2, 0.25) is 15.1 Å². The second-order valence-corrected chi connectivity index (χ2v) is 8.18. The Morgan fingerprint density at radius 2 is 1.69 bits per heavy atom. The molecule has 0 fully saturated rings. The van der Waals surface area contributed by atoms with Crippen LogP contribution in [-0.4, -0.2) is 5.91 Å². The van der Waals surface area contributed by atoms with Gasteiger partial charge in [0.2, 0.25) is 0 Å². The van der Waals surface area contributed by atoms with E-state index in [4.69, 9.17) is 34.8 Å². The standard InChI is InChI=1S/C22H15Cl3N2OS/c1-12-8-16(18(11-26)13-2-4-14(23)5-3-13)19(25)10-20(12)27-22(28)17-9-15(24)6-7-21(17)29/h2-10,18,29H,1H3,(H,27,28). The van der Waals surface area contributed by atoms with Crippen molar-refractivity contribution in [3.8, 4) is 6.07 Å². The number of nitriles is 1. The van der Waals surface area contributed by atoms with Gasteiger partial charge in [0.25, 0.3) is 5.91 Å². The van der Waals surface area contributed by atoms with Gasteiger partial charge >= 0.3 is 0 Å². The first-order valence-corrected chi connectivity index (χ1v) is 10.1. The molecule has 1 amide bonds. The Balaban J connectivity index is 1.93. The molecule has 0 spiro atoms. The highest BCUT2D eigenvalue weighted by molar-refractivity contribution is 7.80. The van der Waals surface area contributed by atoms with Crippen molar-refractivity contribution < 1.29 is 4.79 Å². The highest BCUT2D eigenvalue weighted by Gasteiger charge is 2.19. The molecule has 3 aromatic rings. The van der Waals surface area contributed by atoms with Crippen LogP contribution < -0.4 is 5.32 Å². The van der Waals surface area contributed by atoms with Crippen molar-refractivity contribution in [3.05, 3.63) is 91.9 Å². The SMILES string of the molecule is Cc1cc(C(C#N)c2ccc(Cl)cc2)c(Cl)cc1NC(=O)c1cc(Cl)ccc1S. The molecule has 3 nitrogen and oxygen atoms in total. The van der Waals surface area contributed by atoms with Gasteiger partial charge in [-0.15, -0.1) is 12.6 Å². The van der Waals surface area contributed by atoms with Crippen molar-refractivity contribution in [2.75, 3.05) is 5.32 Å². The summed E-state index contributed by atoms with van der Waals surface area (Å²) in [6.45, 7) is 1.84. The molecule has 0 saturated heterocycles. The third kappa shape index (κ3) is 4.88. The minimum Gasteiger partial charge on any atom is -0.322 e. The topological polar surface area (TPSA) is 52.9 Å². The second-order valence-electron chi connectivity index (χ2n) is 6.42. The van der Waals surface area contributed by atoms with Crippen LogP contribution in [0.4, 0.5) is 5.69 Å². The van der Waals surface area contributed by atoms with Crippen LogP contribution in [0.3, 0.4) is 0 Å². The average Bonchev–Trinajstić information content (AvgIpc) is 2.69. The number of nitrogens with zero attached hydrogens (tertiary/aromatic N) is 1. The van der Waals surface area contributed by atoms with Crippen LogP contribution in [0.15, 0.2) is 59.5 Å². The maximum Gasteiger partial charge on any atom is 0.256 e. The summed E-state index contributed by atoms with van der Waals surface area (Å²) in [5, 5.41) is 14.0. The molecule has 1 atom stereocenters. The van der Waals surface area contributed by atoms with Crippen molar-refractivity contribution in [2.24, 2.45) is 0 Å². The van der Waals surface area contributed by atoms with Crippen molar-refractivity contribution in [1.29, 1.82) is 5.26 Å². The van der Waals surface area contributed by atoms with Gasteiger partial charge in [-0.2, -0.15) is 5.26 Å². The van der Waals surface area contributed by atoms with Crippen molar-refractivity contribution in [2.45, 2.75) is 17.7 Å². The van der Waals surface area contributed by atoms with Gasteiger partial charge in [0.15, 0.2) is 0 Å². The maximum absolute atomic E-state index is 12.7. The number of rotatable bonds is 4. The van der Waals surface area contributed by atoms with E-state index in [1.807, 2.05) is 6.92 Å². The van der Waals surface area contributed by atoms with Crippen LogP contribution in [0.1, 0.15) is 33.0 Å². The van der Waals surface area contributed by atoms with E-state index in [0.29, 0.717) is 36.8 Å². The van der Waals surface area contributed by atoms with Gasteiger partial charge in [-0.1, -0.05) is 53.0 Å². The van der Waals surface area contributed by atoms with Gasteiger partial charge in [0.05, 0.1) is 17.6 Å². The molecular weight excluding hydrogens is 447 g/mol. The number of benzene rings is 3. The monoisotopic (exact) mass is 460 g/mol. The molecule has 1 unspecified atom stereocenters. The predicted octanol–water partition coefficient (Wildman–Crippen LogP) is 7.15. The lowest BCUT2D eigenvalue weighted by Gasteiger charge is -2.16. The molecule has 29 heavy (non-hydrogen) atoms. The fourth-order valence-electron chi connectivity index (χ4n) is 2.92. The minimum atomic E-state index is -0.555. The third-order valence-electron chi connectivity index (χ3n) is 4.44. The zero-order valence-electron chi connectivity index (χ0n) is 15.2. The van der Waals surface area contributed by atoms with Gasteiger partial charge in [0, 0.05) is 25.7 Å². The number of carbonyl (C=O) groups is 1. The lowest BCUT2D eigenvalue weighted by molar-refractivity contribution is 0.102. The number of nitrogens with one attached hydrogen (secondary N) is 1. The Kier molecular flexibility index (Phi) is 6.77. The molecule has 0 aliphatic heterocycles. The highest BCUT2D eigenvalue weighted by Crippen LogP contribution is 2.34. The molecular formula is C22H15Cl3N2OS. The molecule has 0 aliphatic carbocycles. The molecule has 0 radical (unpaired) electrons. The predicted molar refractivity (Wildman–Crippen MR) is 122 cm³/mol. The van der Waals surface area contributed by atoms with Crippen molar-refractivity contribution in [1.82, 2.24) is 0 Å². The molecule has 7 heteroatoms. The van der Waals surface area contributed by atoms with E-state index in [1.54, 1.807) is 54.6 Å². The largest absolute Gasteiger partial charge is 0.322 e. The van der Waals surface area contributed by atoms with Crippen LogP contribution >= 0.6 is 47.4 Å². The number of carbonyl (C=O) groups excluding carboxylic acids is 1. The van der Waals surface area contributed by atoms with E-state index in [1.165, 1.54) is 0 Å². The smallest absolute Gasteiger partial charge is 0.256 e. The van der Waals surface area contributed by atoms with Crippen LogP contribution in [0, 0.1) is 18.3 Å². The zero-order chi connectivity index (χ0) is 21.1. The molecule has 0 heterocycles. The lowest BCUT2D eigenvalue weighted by Crippen LogP contribution is -2.14. The molecule has 0 aliphatic rings. The summed E-state index contributed by atoms with van der Waals surface area (Å²) in [4.78, 5) is 13.2. The van der Waals surface area contributed by atoms with E-state index in [9.17, 15) is 10.1 Å². The lowest BCUT2D eigenvalue weighted by atomic mass is 9.91. The van der Waals surface area contributed by atoms with Crippen LogP contribution in [0.25, 0.3) is 0 Å². The maximum atomic E-state index is 12.7. The third-order valence-corrected chi connectivity index (χ3v) is 5.64. The summed E-state index contributed by atoms with van der Waals surface area (Å²) >= 11 is 22.7. The van der Waals surface area contributed by atoms with Crippen LogP contribution in [-0.2, 0) is 0 Å². The fraction of sp³-hybridized carbons (Fsp3) is 0.0909. The van der Waals surface area contributed by atoms with Crippen LogP contribution in [0.5, 0.6) is 0 Å². The van der Waals surface area contributed by atoms with E-state index >= 15 is 0 Å². The van der Waals surface area contributed by atoms with E-state index < -0.39 is 5.92 Å². The van der Waals surface area contributed by atoms with Crippen molar-refractivity contribution in [3.63, 3.8) is 0 Å². The summed E-state index contributed by atoms with van der Waals surface area (Å²) in [7, 11) is 0. The number of hydrogen-bond acceptors (Lipinski definition) is 3. The number of anilines is 1. The Hall–Kier alpha value is -2.16. The van der Waals surface area contributed by atoms with Gasteiger partial charge in [-0.05, 0) is 60.0 Å². The number of thiol groups is 1. The summed E-state index contributed by atoms with van der Waals surface area (Å²) in [5.74, 6) is -0.904. The Bertz CT molecular complexity index is 1120. The first kappa shape index (κ1) is 21.5. The number of amides is 1. The van der Waals surface area contributed by atoms with Crippen molar-refractivity contribution >= 4 is 59.0 Å². The molecule has 0 aromatic heterocycles. The quantitative estimate of drug-likeness (QED) is 0.405. The van der Waals surface area contributed by atoms with E-state index in [-0.39, 0.29) is 5.91 Å². The Labute approximate surface area is 189 Å². The Morgan fingerprint density at radius 1 is 1.03 bits per heavy atom. The first-order chi connectivity index (χ1) is 13.8.